The van der Waals surface area contributed by atoms with Crippen molar-refractivity contribution in [1.82, 2.24) is 9.88 Å². The molecular weight excluding hydrogens is 432 g/mol. The Kier molecular flexibility index (Phi) is 7.06. The predicted octanol–water partition coefficient (Wildman–Crippen LogP) is 4.77. The number of benzene rings is 2. The summed E-state index contributed by atoms with van der Waals surface area (Å²) in [7, 11) is 0. The number of anilines is 2. The quantitative estimate of drug-likeness (QED) is 0.555. The number of hydrogen-bond donors (Lipinski definition) is 1. The molecule has 0 aliphatic carbocycles. The number of thiazole rings is 1. The van der Waals surface area contributed by atoms with Crippen molar-refractivity contribution in [2.45, 2.75) is 13.5 Å². The van der Waals surface area contributed by atoms with Gasteiger partial charge in [-0.3, -0.25) is 4.79 Å². The van der Waals surface area contributed by atoms with Crippen LogP contribution in [0.1, 0.15) is 23.0 Å². The van der Waals surface area contributed by atoms with Crippen molar-refractivity contribution < 1.29 is 9.53 Å². The predicted molar refractivity (Wildman–Crippen MR) is 127 cm³/mol. The standard InChI is InChI=1S/C23H25ClN4O2S/c1-2-27-9-11-28(12-10-27)22-8-5-18(24)13-21(22)26-23(29)17-3-6-20(7-4-17)30-14-19-15-31-16-25-19/h3-8,13,15-16H,2,9-12,14H2,1H3,(H,26,29). The summed E-state index contributed by atoms with van der Waals surface area (Å²) in [5, 5.41) is 5.58. The summed E-state index contributed by atoms with van der Waals surface area (Å²) in [5.41, 5.74) is 4.95. The molecule has 3 aromatic rings. The van der Waals surface area contributed by atoms with Crippen LogP contribution in [0.2, 0.25) is 5.02 Å². The van der Waals surface area contributed by atoms with Gasteiger partial charge in [0.15, 0.2) is 0 Å². The Morgan fingerprint density at radius 1 is 1.16 bits per heavy atom. The molecule has 0 unspecified atom stereocenters. The van der Waals surface area contributed by atoms with Gasteiger partial charge in [-0.25, -0.2) is 4.98 Å². The highest BCUT2D eigenvalue weighted by Crippen LogP contribution is 2.30. The van der Waals surface area contributed by atoms with E-state index in [4.69, 9.17) is 16.3 Å². The molecule has 4 rings (SSSR count). The minimum atomic E-state index is -0.179. The van der Waals surface area contributed by atoms with Crippen LogP contribution >= 0.6 is 22.9 Å². The molecule has 0 saturated carbocycles. The average Bonchev–Trinajstić information content (AvgIpc) is 3.32. The highest BCUT2D eigenvalue weighted by atomic mass is 35.5. The fraction of sp³-hybridized carbons (Fsp3) is 0.304. The second-order valence-corrected chi connectivity index (χ2v) is 8.48. The van der Waals surface area contributed by atoms with Crippen LogP contribution in [0.25, 0.3) is 0 Å². The number of carbonyl (C=O) groups is 1. The van der Waals surface area contributed by atoms with E-state index >= 15 is 0 Å². The van der Waals surface area contributed by atoms with Crippen molar-refractivity contribution in [3.63, 3.8) is 0 Å². The Balaban J connectivity index is 1.42. The molecule has 1 N–H and O–H groups in total. The van der Waals surface area contributed by atoms with E-state index in [1.807, 2.05) is 23.6 Å². The molecular formula is C23H25ClN4O2S. The normalized spacial score (nSPS) is 14.5. The molecule has 31 heavy (non-hydrogen) atoms. The first-order chi connectivity index (χ1) is 15.1. The highest BCUT2D eigenvalue weighted by molar-refractivity contribution is 7.07. The molecule has 0 radical (unpaired) electrons. The second-order valence-electron chi connectivity index (χ2n) is 7.33. The number of hydrogen-bond acceptors (Lipinski definition) is 6. The largest absolute Gasteiger partial charge is 0.487 e. The molecule has 0 atom stereocenters. The third-order valence-electron chi connectivity index (χ3n) is 5.35. The number of rotatable bonds is 7. The van der Waals surface area contributed by atoms with Crippen molar-refractivity contribution in [2.75, 3.05) is 42.9 Å². The van der Waals surface area contributed by atoms with Gasteiger partial charge in [0.1, 0.15) is 12.4 Å². The zero-order valence-corrected chi connectivity index (χ0v) is 19.0. The Morgan fingerprint density at radius 2 is 1.94 bits per heavy atom. The van der Waals surface area contributed by atoms with Crippen LogP contribution in [-0.4, -0.2) is 48.5 Å². The Hall–Kier alpha value is -2.61. The van der Waals surface area contributed by atoms with Crippen LogP contribution in [0.3, 0.4) is 0 Å². The summed E-state index contributed by atoms with van der Waals surface area (Å²) >= 11 is 7.77. The first kappa shape index (κ1) is 21.6. The first-order valence-corrected chi connectivity index (χ1v) is 11.6. The molecule has 1 aliphatic rings. The van der Waals surface area contributed by atoms with Gasteiger partial charge in [0.05, 0.1) is 22.6 Å². The molecule has 6 nitrogen and oxygen atoms in total. The molecule has 2 aromatic carbocycles. The topological polar surface area (TPSA) is 57.7 Å². The SMILES string of the molecule is CCN1CCN(c2ccc(Cl)cc2NC(=O)c2ccc(OCc3cscn3)cc2)CC1. The van der Waals surface area contributed by atoms with Gasteiger partial charge in [-0.2, -0.15) is 0 Å². The lowest BCUT2D eigenvalue weighted by atomic mass is 10.1. The van der Waals surface area contributed by atoms with Crippen molar-refractivity contribution in [1.29, 1.82) is 0 Å². The number of aromatic nitrogens is 1. The van der Waals surface area contributed by atoms with Crippen LogP contribution in [0.5, 0.6) is 5.75 Å². The van der Waals surface area contributed by atoms with E-state index < -0.39 is 0 Å². The smallest absolute Gasteiger partial charge is 0.255 e. The summed E-state index contributed by atoms with van der Waals surface area (Å²) in [4.78, 5) is 21.8. The number of nitrogens with one attached hydrogen (secondary N) is 1. The lowest BCUT2D eigenvalue weighted by Crippen LogP contribution is -2.46. The van der Waals surface area contributed by atoms with Gasteiger partial charge in [-0.15, -0.1) is 11.3 Å². The summed E-state index contributed by atoms with van der Waals surface area (Å²) in [6.07, 6.45) is 0. The molecule has 8 heteroatoms. The van der Waals surface area contributed by atoms with Gasteiger partial charge < -0.3 is 19.9 Å². The van der Waals surface area contributed by atoms with Crippen molar-refractivity contribution in [2.24, 2.45) is 0 Å². The number of ether oxygens (including phenoxy) is 1. The Morgan fingerprint density at radius 3 is 2.61 bits per heavy atom. The lowest BCUT2D eigenvalue weighted by molar-refractivity contribution is 0.102. The van der Waals surface area contributed by atoms with E-state index in [-0.39, 0.29) is 5.91 Å². The maximum Gasteiger partial charge on any atom is 0.255 e. The van der Waals surface area contributed by atoms with E-state index in [0.29, 0.717) is 22.9 Å². The van der Waals surface area contributed by atoms with E-state index in [1.54, 1.807) is 29.8 Å². The Labute approximate surface area is 191 Å². The van der Waals surface area contributed by atoms with Crippen molar-refractivity contribution in [3.05, 3.63) is 69.6 Å². The minimum Gasteiger partial charge on any atom is -0.487 e. The van der Waals surface area contributed by atoms with E-state index in [1.165, 1.54) is 11.3 Å². The number of likely N-dealkylation sites (N-methyl/N-ethyl adjacent to an activating group) is 1. The number of halogens is 1. The maximum atomic E-state index is 12.9. The highest BCUT2D eigenvalue weighted by Gasteiger charge is 2.19. The zero-order valence-electron chi connectivity index (χ0n) is 17.4. The summed E-state index contributed by atoms with van der Waals surface area (Å²) in [6.45, 7) is 7.50. The lowest BCUT2D eigenvalue weighted by Gasteiger charge is -2.36. The van der Waals surface area contributed by atoms with Crippen LogP contribution in [0.15, 0.2) is 53.4 Å². The van der Waals surface area contributed by atoms with Gasteiger partial charge in [0.25, 0.3) is 5.91 Å². The van der Waals surface area contributed by atoms with E-state index in [2.05, 4.69) is 27.0 Å². The molecule has 1 aliphatic heterocycles. The molecule has 2 heterocycles. The fourth-order valence-corrected chi connectivity index (χ4v) is 4.27. The number of amides is 1. The van der Waals surface area contributed by atoms with Gasteiger partial charge in [-0.1, -0.05) is 18.5 Å². The van der Waals surface area contributed by atoms with Crippen molar-refractivity contribution in [3.8, 4) is 5.75 Å². The first-order valence-electron chi connectivity index (χ1n) is 10.3. The second kappa shape index (κ2) is 10.1. The molecule has 1 fully saturated rings. The fourth-order valence-electron chi connectivity index (χ4n) is 3.55. The van der Waals surface area contributed by atoms with Gasteiger partial charge in [0, 0.05) is 42.1 Å². The molecule has 1 aromatic heterocycles. The monoisotopic (exact) mass is 456 g/mol. The van der Waals surface area contributed by atoms with E-state index in [9.17, 15) is 4.79 Å². The van der Waals surface area contributed by atoms with Crippen LogP contribution in [0.4, 0.5) is 11.4 Å². The minimum absolute atomic E-state index is 0.179. The number of piperazine rings is 1. The Bertz CT molecular complexity index is 1000. The molecule has 0 spiro atoms. The average molecular weight is 457 g/mol. The molecule has 1 saturated heterocycles. The maximum absolute atomic E-state index is 12.9. The summed E-state index contributed by atoms with van der Waals surface area (Å²) < 4.78 is 5.72. The van der Waals surface area contributed by atoms with Gasteiger partial charge in [0.2, 0.25) is 0 Å². The van der Waals surface area contributed by atoms with Crippen molar-refractivity contribution >= 4 is 40.2 Å². The van der Waals surface area contributed by atoms with Crippen LogP contribution in [-0.2, 0) is 6.61 Å². The zero-order chi connectivity index (χ0) is 21.6. The van der Waals surface area contributed by atoms with Crippen LogP contribution in [0, 0.1) is 0 Å². The summed E-state index contributed by atoms with van der Waals surface area (Å²) in [5.74, 6) is 0.517. The third-order valence-corrected chi connectivity index (χ3v) is 6.22. The number of nitrogens with zero attached hydrogens (tertiary/aromatic N) is 3. The summed E-state index contributed by atoms with van der Waals surface area (Å²) in [6, 6.07) is 12.8. The number of carbonyl (C=O) groups excluding carboxylic acids is 1. The van der Waals surface area contributed by atoms with Gasteiger partial charge in [-0.05, 0) is 49.0 Å². The van der Waals surface area contributed by atoms with Crippen LogP contribution < -0.4 is 15.0 Å². The molecule has 162 valence electrons. The molecule has 1 amide bonds. The third kappa shape index (κ3) is 5.55. The van der Waals surface area contributed by atoms with Gasteiger partial charge >= 0.3 is 0 Å². The van der Waals surface area contributed by atoms with E-state index in [0.717, 1.165) is 49.8 Å². The molecule has 0 bridgehead atoms.